The predicted molar refractivity (Wildman–Crippen MR) is 119 cm³/mol. The summed E-state index contributed by atoms with van der Waals surface area (Å²) in [5.74, 6) is 2.95. The van der Waals surface area contributed by atoms with E-state index in [2.05, 4.69) is 25.4 Å². The van der Waals surface area contributed by atoms with Crippen molar-refractivity contribution < 1.29 is 9.47 Å². The molecule has 0 saturated carbocycles. The minimum absolute atomic E-state index is 0.119. The average Bonchev–Trinajstić information content (AvgIpc) is 3.10. The molecule has 0 aliphatic carbocycles. The quantitative estimate of drug-likeness (QED) is 0.604. The molecule has 4 rings (SSSR count). The molecule has 0 unspecified atom stereocenters. The fraction of sp³-hybridized carbons (Fsp3) is 0.318. The van der Waals surface area contributed by atoms with E-state index in [1.807, 2.05) is 33.0 Å². The number of anilines is 2. The summed E-state index contributed by atoms with van der Waals surface area (Å²) in [6.45, 7) is 6.09. The van der Waals surface area contributed by atoms with Crippen molar-refractivity contribution >= 4 is 22.9 Å². The zero-order valence-corrected chi connectivity index (χ0v) is 18.0. The smallest absolute Gasteiger partial charge is 0.222 e. The lowest BCUT2D eigenvalue weighted by molar-refractivity contribution is 0.172. The summed E-state index contributed by atoms with van der Waals surface area (Å²) in [5, 5.41) is 15.6. The molecule has 31 heavy (non-hydrogen) atoms. The first-order chi connectivity index (χ1) is 15.0. The summed E-state index contributed by atoms with van der Waals surface area (Å²) >= 11 is 0. The zero-order valence-electron chi connectivity index (χ0n) is 18.0. The van der Waals surface area contributed by atoms with Gasteiger partial charge >= 0.3 is 0 Å². The van der Waals surface area contributed by atoms with Crippen molar-refractivity contribution in [2.75, 3.05) is 11.9 Å². The highest BCUT2D eigenvalue weighted by Gasteiger charge is 2.19. The molecule has 0 saturated heterocycles. The molecule has 1 aliphatic heterocycles. The van der Waals surface area contributed by atoms with Gasteiger partial charge in [0.25, 0.3) is 0 Å². The molecule has 1 atom stereocenters. The summed E-state index contributed by atoms with van der Waals surface area (Å²) in [7, 11) is 1.82. The predicted octanol–water partition coefficient (Wildman–Crippen LogP) is 4.01. The Morgan fingerprint density at radius 2 is 2.13 bits per heavy atom. The van der Waals surface area contributed by atoms with Gasteiger partial charge in [-0.05, 0) is 26.8 Å². The molecule has 2 N–H and O–H groups in total. The molecule has 3 aromatic heterocycles. The molecule has 4 bridgehead atoms. The molecule has 1 aliphatic rings. The maximum atomic E-state index is 8.10. The molecule has 0 radical (unpaired) electrons. The van der Waals surface area contributed by atoms with Crippen LogP contribution in [0.2, 0.25) is 0 Å². The van der Waals surface area contributed by atoms with E-state index in [0.29, 0.717) is 47.8 Å². The Kier molecular flexibility index (Phi) is 5.66. The molecule has 3 aromatic rings. The average molecular weight is 419 g/mol. The number of nitrogens with zero attached hydrogens (tertiary/aromatic N) is 5. The van der Waals surface area contributed by atoms with Crippen LogP contribution in [0, 0.1) is 5.41 Å². The first kappa shape index (κ1) is 20.5. The van der Waals surface area contributed by atoms with Gasteiger partial charge in [-0.25, -0.2) is 19.6 Å². The van der Waals surface area contributed by atoms with Gasteiger partial charge in [0, 0.05) is 48.8 Å². The van der Waals surface area contributed by atoms with Crippen molar-refractivity contribution in [2.24, 2.45) is 7.05 Å². The largest absolute Gasteiger partial charge is 0.490 e. The second kappa shape index (κ2) is 8.55. The summed E-state index contributed by atoms with van der Waals surface area (Å²) in [4.78, 5) is 13.5. The lowest BCUT2D eigenvalue weighted by atomic mass is 10.0. The van der Waals surface area contributed by atoms with Crippen LogP contribution in [0.4, 0.5) is 11.6 Å². The van der Waals surface area contributed by atoms with E-state index in [1.54, 1.807) is 36.3 Å². The molecule has 9 nitrogen and oxygen atoms in total. The third kappa shape index (κ3) is 4.25. The van der Waals surface area contributed by atoms with Gasteiger partial charge < -0.3 is 20.2 Å². The van der Waals surface area contributed by atoms with Gasteiger partial charge in [-0.15, -0.1) is 0 Å². The van der Waals surface area contributed by atoms with Crippen LogP contribution in [0.3, 0.4) is 0 Å². The van der Waals surface area contributed by atoms with E-state index in [1.165, 1.54) is 0 Å². The molecule has 0 aromatic carbocycles. The van der Waals surface area contributed by atoms with Crippen molar-refractivity contribution in [1.29, 1.82) is 5.41 Å². The molecule has 9 heteroatoms. The van der Waals surface area contributed by atoms with Crippen molar-refractivity contribution in [3.63, 3.8) is 0 Å². The molecular weight excluding hydrogens is 394 g/mol. The third-order valence-corrected chi connectivity index (χ3v) is 4.98. The minimum Gasteiger partial charge on any atom is -0.490 e. The van der Waals surface area contributed by atoms with Crippen molar-refractivity contribution in [2.45, 2.75) is 33.3 Å². The number of hydrogen-bond donors (Lipinski definition) is 2. The fourth-order valence-electron chi connectivity index (χ4n) is 3.42. The van der Waals surface area contributed by atoms with Gasteiger partial charge in [0.05, 0.1) is 18.9 Å². The first-order valence-electron chi connectivity index (χ1n) is 10.1. The summed E-state index contributed by atoms with van der Waals surface area (Å²) in [5.41, 5.74) is 2.73. The van der Waals surface area contributed by atoms with Gasteiger partial charge in [0.1, 0.15) is 22.9 Å². The molecule has 4 heterocycles. The van der Waals surface area contributed by atoms with Gasteiger partial charge in [0.2, 0.25) is 5.88 Å². The monoisotopic (exact) mass is 419 g/mol. The normalized spacial score (nSPS) is 16.3. The van der Waals surface area contributed by atoms with Gasteiger partial charge in [0.15, 0.2) is 5.82 Å². The number of aryl methyl sites for hydroxylation is 1. The van der Waals surface area contributed by atoms with Crippen LogP contribution in [0.1, 0.15) is 32.8 Å². The van der Waals surface area contributed by atoms with E-state index in [9.17, 15) is 0 Å². The second-order valence-corrected chi connectivity index (χ2v) is 7.34. The van der Waals surface area contributed by atoms with E-state index in [-0.39, 0.29) is 6.10 Å². The lowest BCUT2D eigenvalue weighted by Gasteiger charge is -2.20. The van der Waals surface area contributed by atoms with Gasteiger partial charge in [-0.1, -0.05) is 6.08 Å². The maximum absolute atomic E-state index is 8.10. The van der Waals surface area contributed by atoms with E-state index in [4.69, 9.17) is 14.9 Å². The van der Waals surface area contributed by atoms with Crippen molar-refractivity contribution in [3.05, 3.63) is 42.4 Å². The Balaban J connectivity index is 1.79. The zero-order chi connectivity index (χ0) is 22.0. The van der Waals surface area contributed by atoms with Crippen LogP contribution >= 0.6 is 0 Å². The van der Waals surface area contributed by atoms with Crippen LogP contribution in [-0.2, 0) is 7.05 Å². The SMILES string of the molecule is C/C=C(\C(C)=N)c1cnc2cc1O[C@@H](C)CCOc1c(cnn1C)-c1nccc(n1)N2. The molecule has 0 spiro atoms. The Morgan fingerprint density at radius 1 is 1.29 bits per heavy atom. The number of rotatable bonds is 2. The number of aromatic nitrogens is 5. The molecule has 160 valence electrons. The second-order valence-electron chi connectivity index (χ2n) is 7.34. The Bertz CT molecular complexity index is 1150. The Morgan fingerprint density at radius 3 is 2.90 bits per heavy atom. The van der Waals surface area contributed by atoms with Gasteiger partial charge in [-0.3, -0.25) is 0 Å². The number of nitrogens with one attached hydrogen (secondary N) is 2. The highest BCUT2D eigenvalue weighted by atomic mass is 16.5. The van der Waals surface area contributed by atoms with Crippen molar-refractivity contribution in [1.82, 2.24) is 24.7 Å². The number of ether oxygens (including phenoxy) is 2. The summed E-state index contributed by atoms with van der Waals surface area (Å²) in [6, 6.07) is 3.60. The first-order valence-corrected chi connectivity index (χ1v) is 10.1. The Hall–Kier alpha value is -3.75. The van der Waals surface area contributed by atoms with Gasteiger partial charge in [-0.2, -0.15) is 5.10 Å². The number of allylic oxidation sites excluding steroid dienone is 2. The lowest BCUT2D eigenvalue weighted by Crippen LogP contribution is -2.18. The number of pyridine rings is 1. The third-order valence-electron chi connectivity index (χ3n) is 4.98. The van der Waals surface area contributed by atoms with E-state index < -0.39 is 0 Å². The topological polar surface area (TPSA) is 111 Å². The molecule has 0 fully saturated rings. The highest BCUT2D eigenvalue weighted by Crippen LogP contribution is 2.32. The summed E-state index contributed by atoms with van der Waals surface area (Å²) in [6.07, 6.45) is 7.53. The van der Waals surface area contributed by atoms with E-state index in [0.717, 1.165) is 16.7 Å². The standard InChI is InChI=1S/C22H25N7O2/c1-5-15(14(3)23)16-11-25-20-10-18(16)31-13(2)7-9-30-22-17(12-26-29(22)4)21-24-8-6-19(27-20)28-21/h5-6,8,10-13,23H,7,9H2,1-4H3,(H,24,25,27,28)/b15-5+,23-14?/t13-/m0/s1. The Labute approximate surface area is 180 Å². The van der Waals surface area contributed by atoms with E-state index >= 15 is 0 Å². The van der Waals surface area contributed by atoms with Crippen LogP contribution in [-0.4, -0.2) is 43.2 Å². The minimum atomic E-state index is -0.119. The summed E-state index contributed by atoms with van der Waals surface area (Å²) < 4.78 is 14.0. The van der Waals surface area contributed by atoms with Crippen LogP contribution in [0.25, 0.3) is 17.0 Å². The molecular formula is C22H25N7O2. The van der Waals surface area contributed by atoms with Crippen LogP contribution in [0.15, 0.2) is 36.8 Å². The van der Waals surface area contributed by atoms with Crippen molar-refractivity contribution in [3.8, 4) is 23.0 Å². The number of fused-ring (bicyclic) bond motifs is 6. The van der Waals surface area contributed by atoms with Crippen LogP contribution < -0.4 is 14.8 Å². The van der Waals surface area contributed by atoms with Crippen LogP contribution in [0.5, 0.6) is 11.6 Å². The fourth-order valence-corrected chi connectivity index (χ4v) is 3.42. The number of hydrogen-bond acceptors (Lipinski definition) is 8. The maximum Gasteiger partial charge on any atom is 0.222 e. The highest BCUT2D eigenvalue weighted by molar-refractivity contribution is 6.21. The molecule has 0 amide bonds.